The van der Waals surface area contributed by atoms with Crippen molar-refractivity contribution in [2.24, 2.45) is 0 Å². The van der Waals surface area contributed by atoms with Crippen LogP contribution >= 0.6 is 15.9 Å². The van der Waals surface area contributed by atoms with E-state index in [1.165, 1.54) is 0 Å². The van der Waals surface area contributed by atoms with Crippen LogP contribution in [0, 0.1) is 11.8 Å². The van der Waals surface area contributed by atoms with Crippen molar-refractivity contribution >= 4 is 38.4 Å². The predicted molar refractivity (Wildman–Crippen MR) is 111 cm³/mol. The van der Waals surface area contributed by atoms with Crippen molar-refractivity contribution in [2.75, 3.05) is 5.32 Å². The number of aromatic nitrogens is 2. The van der Waals surface area contributed by atoms with Gasteiger partial charge in [-0.15, -0.1) is 0 Å². The second-order valence-electron chi connectivity index (χ2n) is 5.91. The van der Waals surface area contributed by atoms with Crippen LogP contribution in [0.5, 0.6) is 0 Å². The van der Waals surface area contributed by atoms with Gasteiger partial charge in [-0.3, -0.25) is 4.79 Å². The zero-order valence-electron chi connectivity index (χ0n) is 14.2. The van der Waals surface area contributed by atoms with Gasteiger partial charge in [0.15, 0.2) is 0 Å². The lowest BCUT2D eigenvalue weighted by molar-refractivity contribution is 0.102. The lowest BCUT2D eigenvalue weighted by Crippen LogP contribution is -2.12. The van der Waals surface area contributed by atoms with Crippen LogP contribution in [0.25, 0.3) is 10.9 Å². The number of anilines is 1. The molecular weight excluding hydrogens is 402 g/mol. The van der Waals surface area contributed by atoms with Crippen LogP contribution in [-0.4, -0.2) is 15.9 Å². The molecule has 0 saturated carbocycles. The molecule has 0 fully saturated rings. The summed E-state index contributed by atoms with van der Waals surface area (Å²) in [5.41, 5.74) is 3.61. The smallest absolute Gasteiger partial charge is 0.272 e. The van der Waals surface area contributed by atoms with Gasteiger partial charge in [-0.1, -0.05) is 40.0 Å². The van der Waals surface area contributed by atoms with Gasteiger partial charge < -0.3 is 10.3 Å². The molecule has 0 aliphatic rings. The third-order valence-electron chi connectivity index (χ3n) is 3.95. The molecule has 2 aromatic heterocycles. The Morgan fingerprint density at radius 3 is 2.78 bits per heavy atom. The first kappa shape index (κ1) is 17.1. The number of carbonyl (C=O) groups is 1. The lowest BCUT2D eigenvalue weighted by atomic mass is 10.2. The average molecular weight is 416 g/mol. The number of carbonyl (C=O) groups excluding carboxylic acids is 1. The number of rotatable bonds is 2. The quantitative estimate of drug-likeness (QED) is 0.453. The van der Waals surface area contributed by atoms with Crippen LogP contribution in [0.3, 0.4) is 0 Å². The number of amides is 1. The maximum Gasteiger partial charge on any atom is 0.272 e. The number of halogens is 1. The second kappa shape index (κ2) is 7.48. The highest BCUT2D eigenvalue weighted by Crippen LogP contribution is 2.21. The van der Waals surface area contributed by atoms with E-state index in [2.05, 4.69) is 43.1 Å². The van der Waals surface area contributed by atoms with Gasteiger partial charge in [0.2, 0.25) is 0 Å². The molecule has 1 amide bonds. The van der Waals surface area contributed by atoms with Gasteiger partial charge in [0.05, 0.1) is 0 Å². The Bertz CT molecular complexity index is 1190. The van der Waals surface area contributed by atoms with E-state index in [4.69, 9.17) is 0 Å². The summed E-state index contributed by atoms with van der Waals surface area (Å²) in [4.78, 5) is 19.9. The molecular formula is C22H14BrN3O. The normalized spacial score (nSPS) is 10.3. The number of benzene rings is 2. The minimum atomic E-state index is -0.197. The third-order valence-corrected chi connectivity index (χ3v) is 4.44. The van der Waals surface area contributed by atoms with Crippen molar-refractivity contribution in [1.82, 2.24) is 9.97 Å². The molecule has 0 saturated heterocycles. The minimum Gasteiger partial charge on any atom is -0.350 e. The second-order valence-corrected chi connectivity index (χ2v) is 6.83. The summed E-state index contributed by atoms with van der Waals surface area (Å²) in [6.07, 6.45) is 1.71. The molecule has 0 atom stereocenters. The summed E-state index contributed by atoms with van der Waals surface area (Å²) in [5.74, 6) is 5.88. The number of nitrogens with zero attached hydrogens (tertiary/aromatic N) is 1. The Kier molecular flexibility index (Phi) is 4.73. The number of H-pyrrole nitrogens is 1. The SMILES string of the molecule is O=C(Nc1cccc(C#Cc2ccccn2)c1)c1cc2ccc(Br)cc2[nH]1. The number of hydrogen-bond acceptors (Lipinski definition) is 2. The maximum absolute atomic E-state index is 12.6. The van der Waals surface area contributed by atoms with E-state index in [1.54, 1.807) is 6.20 Å². The van der Waals surface area contributed by atoms with E-state index in [-0.39, 0.29) is 5.91 Å². The highest BCUT2D eigenvalue weighted by atomic mass is 79.9. The first-order valence-electron chi connectivity index (χ1n) is 8.30. The van der Waals surface area contributed by atoms with E-state index in [0.29, 0.717) is 17.1 Å². The molecule has 0 aliphatic carbocycles. The van der Waals surface area contributed by atoms with Crippen LogP contribution in [0.15, 0.2) is 77.4 Å². The summed E-state index contributed by atoms with van der Waals surface area (Å²) < 4.78 is 0.961. The Balaban J connectivity index is 1.53. The molecule has 27 heavy (non-hydrogen) atoms. The van der Waals surface area contributed by atoms with Gasteiger partial charge in [0.25, 0.3) is 5.91 Å². The Hall–Kier alpha value is -3.36. The topological polar surface area (TPSA) is 57.8 Å². The fraction of sp³-hybridized carbons (Fsp3) is 0. The molecule has 4 nitrogen and oxygen atoms in total. The number of hydrogen-bond donors (Lipinski definition) is 2. The number of aromatic amines is 1. The van der Waals surface area contributed by atoms with Crippen molar-refractivity contribution in [3.05, 3.63) is 94.4 Å². The van der Waals surface area contributed by atoms with E-state index < -0.39 is 0 Å². The number of nitrogens with one attached hydrogen (secondary N) is 2. The molecule has 0 unspecified atom stereocenters. The van der Waals surface area contributed by atoms with Crippen LogP contribution < -0.4 is 5.32 Å². The first-order chi connectivity index (χ1) is 13.2. The first-order valence-corrected chi connectivity index (χ1v) is 9.09. The molecule has 0 aliphatic heterocycles. The van der Waals surface area contributed by atoms with Crippen LogP contribution in [0.1, 0.15) is 21.7 Å². The van der Waals surface area contributed by atoms with Crippen molar-refractivity contribution in [1.29, 1.82) is 0 Å². The summed E-state index contributed by atoms with van der Waals surface area (Å²) in [6.45, 7) is 0. The maximum atomic E-state index is 12.6. The van der Waals surface area contributed by atoms with Gasteiger partial charge in [0.1, 0.15) is 11.4 Å². The third kappa shape index (κ3) is 4.08. The standard InChI is InChI=1S/C22H14BrN3O/c23-17-9-8-16-13-21(26-20(16)14-17)22(27)25-19-6-3-4-15(12-19)7-10-18-5-1-2-11-24-18/h1-6,8-9,11-14,26H,(H,25,27). The van der Waals surface area contributed by atoms with E-state index in [9.17, 15) is 4.79 Å². The van der Waals surface area contributed by atoms with Crippen molar-refractivity contribution in [3.63, 3.8) is 0 Å². The molecule has 0 bridgehead atoms. The monoisotopic (exact) mass is 415 g/mol. The van der Waals surface area contributed by atoms with E-state index in [1.807, 2.05) is 66.7 Å². The average Bonchev–Trinajstić information content (AvgIpc) is 3.11. The molecule has 2 aromatic carbocycles. The number of pyridine rings is 1. The zero-order chi connectivity index (χ0) is 18.6. The van der Waals surface area contributed by atoms with Crippen molar-refractivity contribution in [2.45, 2.75) is 0 Å². The Morgan fingerprint density at radius 1 is 1.00 bits per heavy atom. The molecule has 4 aromatic rings. The van der Waals surface area contributed by atoms with E-state index in [0.717, 1.165) is 20.9 Å². The molecule has 0 radical (unpaired) electrons. The predicted octanol–water partition coefficient (Wildman–Crippen LogP) is 4.98. The van der Waals surface area contributed by atoms with E-state index >= 15 is 0 Å². The molecule has 4 rings (SSSR count). The van der Waals surface area contributed by atoms with Crippen LogP contribution in [-0.2, 0) is 0 Å². The van der Waals surface area contributed by atoms with Gasteiger partial charge in [0, 0.05) is 32.8 Å². The molecule has 0 spiro atoms. The largest absolute Gasteiger partial charge is 0.350 e. The Labute approximate surface area is 164 Å². The fourth-order valence-electron chi connectivity index (χ4n) is 2.67. The summed E-state index contributed by atoms with van der Waals surface area (Å²) in [7, 11) is 0. The van der Waals surface area contributed by atoms with Gasteiger partial charge in [-0.05, 0) is 54.5 Å². The van der Waals surface area contributed by atoms with Crippen LogP contribution in [0.4, 0.5) is 5.69 Å². The summed E-state index contributed by atoms with van der Waals surface area (Å²) in [5, 5.41) is 3.89. The van der Waals surface area contributed by atoms with Gasteiger partial charge >= 0.3 is 0 Å². The summed E-state index contributed by atoms with van der Waals surface area (Å²) >= 11 is 3.43. The minimum absolute atomic E-state index is 0.197. The summed E-state index contributed by atoms with van der Waals surface area (Å²) in [6, 6.07) is 20.7. The highest BCUT2D eigenvalue weighted by molar-refractivity contribution is 9.10. The van der Waals surface area contributed by atoms with Gasteiger partial charge in [-0.25, -0.2) is 4.98 Å². The van der Waals surface area contributed by atoms with Crippen molar-refractivity contribution in [3.8, 4) is 11.8 Å². The molecule has 2 heterocycles. The number of fused-ring (bicyclic) bond motifs is 1. The lowest BCUT2D eigenvalue weighted by Gasteiger charge is -2.04. The molecule has 2 N–H and O–H groups in total. The highest BCUT2D eigenvalue weighted by Gasteiger charge is 2.10. The van der Waals surface area contributed by atoms with Gasteiger partial charge in [-0.2, -0.15) is 0 Å². The zero-order valence-corrected chi connectivity index (χ0v) is 15.7. The van der Waals surface area contributed by atoms with Crippen LogP contribution in [0.2, 0.25) is 0 Å². The molecule has 5 heteroatoms. The fourth-order valence-corrected chi connectivity index (χ4v) is 3.03. The Morgan fingerprint density at radius 2 is 1.93 bits per heavy atom. The molecule has 130 valence electrons. The van der Waals surface area contributed by atoms with Crippen molar-refractivity contribution < 1.29 is 4.79 Å².